The highest BCUT2D eigenvalue weighted by molar-refractivity contribution is 6.04. The van der Waals surface area contributed by atoms with E-state index in [1.165, 1.54) is 0 Å². The first-order valence-electron chi connectivity index (χ1n) is 7.25. The van der Waals surface area contributed by atoms with Crippen LogP contribution in [0.2, 0.25) is 0 Å². The normalized spacial score (nSPS) is 10.5. The second-order valence-corrected chi connectivity index (χ2v) is 5.15. The van der Waals surface area contributed by atoms with Gasteiger partial charge in [0.15, 0.2) is 0 Å². The maximum atomic E-state index is 12.3. The second kappa shape index (κ2) is 6.93. The maximum Gasteiger partial charge on any atom is 0.255 e. The fourth-order valence-electron chi connectivity index (χ4n) is 2.18. The van der Waals surface area contributed by atoms with Crippen molar-refractivity contribution in [3.05, 3.63) is 59.7 Å². The van der Waals surface area contributed by atoms with Crippen LogP contribution in [0.4, 0.5) is 5.69 Å². The van der Waals surface area contributed by atoms with Crippen LogP contribution in [-0.4, -0.2) is 12.5 Å². The highest BCUT2D eigenvalue weighted by Gasteiger charge is 2.10. The van der Waals surface area contributed by atoms with Crippen molar-refractivity contribution in [1.82, 2.24) is 0 Å². The van der Waals surface area contributed by atoms with Gasteiger partial charge in [0, 0.05) is 11.3 Å². The van der Waals surface area contributed by atoms with E-state index < -0.39 is 0 Å². The van der Waals surface area contributed by atoms with Gasteiger partial charge in [-0.1, -0.05) is 32.0 Å². The zero-order valence-electron chi connectivity index (χ0n) is 12.7. The summed E-state index contributed by atoms with van der Waals surface area (Å²) < 4.78 is 5.38. The van der Waals surface area contributed by atoms with Crippen molar-refractivity contribution in [1.29, 1.82) is 0 Å². The number of amides is 1. The molecular formula is C18H21NO2. The molecule has 3 heteroatoms. The van der Waals surface area contributed by atoms with E-state index in [2.05, 4.69) is 19.2 Å². The van der Waals surface area contributed by atoms with Crippen LogP contribution >= 0.6 is 0 Å². The monoisotopic (exact) mass is 283 g/mol. The molecule has 0 unspecified atom stereocenters. The fourth-order valence-corrected chi connectivity index (χ4v) is 2.18. The van der Waals surface area contributed by atoms with E-state index >= 15 is 0 Å². The largest absolute Gasteiger partial charge is 0.494 e. The number of rotatable bonds is 5. The molecule has 3 nitrogen and oxygen atoms in total. The summed E-state index contributed by atoms with van der Waals surface area (Å²) in [5.74, 6) is 1.03. The number of ether oxygens (including phenoxy) is 1. The number of nitrogens with one attached hydrogen (secondary N) is 1. The van der Waals surface area contributed by atoms with Gasteiger partial charge in [0.1, 0.15) is 5.75 Å². The Morgan fingerprint density at radius 3 is 2.38 bits per heavy atom. The van der Waals surface area contributed by atoms with Crippen molar-refractivity contribution < 1.29 is 9.53 Å². The van der Waals surface area contributed by atoms with Gasteiger partial charge in [-0.25, -0.2) is 0 Å². The number of benzene rings is 2. The highest BCUT2D eigenvalue weighted by atomic mass is 16.5. The van der Waals surface area contributed by atoms with E-state index in [4.69, 9.17) is 4.74 Å². The number of carbonyl (C=O) groups excluding carboxylic acids is 1. The number of hydrogen-bond acceptors (Lipinski definition) is 2. The molecular weight excluding hydrogens is 262 g/mol. The molecule has 0 heterocycles. The van der Waals surface area contributed by atoms with Crippen LogP contribution in [0, 0.1) is 0 Å². The van der Waals surface area contributed by atoms with E-state index in [0.717, 1.165) is 17.0 Å². The van der Waals surface area contributed by atoms with E-state index in [9.17, 15) is 4.79 Å². The zero-order valence-corrected chi connectivity index (χ0v) is 12.7. The molecule has 0 aromatic heterocycles. The molecule has 0 atom stereocenters. The Morgan fingerprint density at radius 1 is 1.10 bits per heavy atom. The molecule has 1 N–H and O–H groups in total. The molecule has 0 radical (unpaired) electrons. The van der Waals surface area contributed by atoms with E-state index in [1.807, 2.05) is 43.3 Å². The molecule has 0 aliphatic rings. The topological polar surface area (TPSA) is 38.3 Å². The van der Waals surface area contributed by atoms with Gasteiger partial charge in [0.25, 0.3) is 5.91 Å². The highest BCUT2D eigenvalue weighted by Crippen LogP contribution is 2.24. The lowest BCUT2D eigenvalue weighted by atomic mass is 10.0. The average Bonchev–Trinajstić information content (AvgIpc) is 2.48. The summed E-state index contributed by atoms with van der Waals surface area (Å²) >= 11 is 0. The number of hydrogen-bond donors (Lipinski definition) is 1. The first-order chi connectivity index (χ1) is 10.1. The lowest BCUT2D eigenvalue weighted by molar-refractivity contribution is 0.102. The Hall–Kier alpha value is -2.29. The number of carbonyl (C=O) groups is 1. The molecule has 2 rings (SSSR count). The summed E-state index contributed by atoms with van der Waals surface area (Å²) in [7, 11) is 0. The summed E-state index contributed by atoms with van der Waals surface area (Å²) in [5.41, 5.74) is 2.63. The molecule has 2 aromatic rings. The fraction of sp³-hybridized carbons (Fsp3) is 0.278. The Balaban J connectivity index is 2.14. The minimum atomic E-state index is -0.105. The van der Waals surface area contributed by atoms with Crippen molar-refractivity contribution in [3.8, 4) is 5.75 Å². The number of anilines is 1. The lowest BCUT2D eigenvalue weighted by Gasteiger charge is -2.13. The summed E-state index contributed by atoms with van der Waals surface area (Å²) in [6.45, 7) is 6.78. The molecule has 1 amide bonds. The molecule has 0 aliphatic carbocycles. The van der Waals surface area contributed by atoms with Crippen LogP contribution in [0.15, 0.2) is 48.5 Å². The smallest absolute Gasteiger partial charge is 0.255 e. The SMILES string of the molecule is CCOc1ccc(C(=O)Nc2ccccc2C(C)C)cc1. The minimum Gasteiger partial charge on any atom is -0.494 e. The predicted molar refractivity (Wildman–Crippen MR) is 86.1 cm³/mol. The third kappa shape index (κ3) is 3.85. The quantitative estimate of drug-likeness (QED) is 0.879. The van der Waals surface area contributed by atoms with Gasteiger partial charge >= 0.3 is 0 Å². The van der Waals surface area contributed by atoms with Crippen molar-refractivity contribution in [2.24, 2.45) is 0 Å². The Morgan fingerprint density at radius 2 is 1.76 bits per heavy atom. The summed E-state index contributed by atoms with van der Waals surface area (Å²) in [6, 6.07) is 15.1. The van der Waals surface area contributed by atoms with Gasteiger partial charge in [-0.3, -0.25) is 4.79 Å². The van der Waals surface area contributed by atoms with E-state index in [1.54, 1.807) is 12.1 Å². The first kappa shape index (κ1) is 15.1. The van der Waals surface area contributed by atoms with Crippen molar-refractivity contribution in [3.63, 3.8) is 0 Å². The number of para-hydroxylation sites is 1. The van der Waals surface area contributed by atoms with Crippen molar-refractivity contribution in [2.75, 3.05) is 11.9 Å². The molecule has 0 fully saturated rings. The molecule has 2 aromatic carbocycles. The lowest BCUT2D eigenvalue weighted by Crippen LogP contribution is -2.13. The molecule has 21 heavy (non-hydrogen) atoms. The zero-order chi connectivity index (χ0) is 15.2. The van der Waals surface area contributed by atoms with Crippen LogP contribution in [0.1, 0.15) is 42.6 Å². The van der Waals surface area contributed by atoms with Crippen LogP contribution in [0.5, 0.6) is 5.75 Å². The van der Waals surface area contributed by atoms with Crippen molar-refractivity contribution in [2.45, 2.75) is 26.7 Å². The molecule has 0 saturated carbocycles. The van der Waals surface area contributed by atoms with Gasteiger partial charge in [0.05, 0.1) is 6.61 Å². The minimum absolute atomic E-state index is 0.105. The molecule has 110 valence electrons. The van der Waals surface area contributed by atoms with E-state index in [-0.39, 0.29) is 5.91 Å². The Kier molecular flexibility index (Phi) is 4.99. The summed E-state index contributed by atoms with van der Waals surface area (Å²) in [5, 5.41) is 2.98. The van der Waals surface area contributed by atoms with Crippen LogP contribution in [0.3, 0.4) is 0 Å². The van der Waals surface area contributed by atoms with E-state index in [0.29, 0.717) is 18.1 Å². The maximum absolute atomic E-state index is 12.3. The Labute approximate surface area is 126 Å². The van der Waals surface area contributed by atoms with Gasteiger partial charge in [-0.15, -0.1) is 0 Å². The molecule has 0 aliphatic heterocycles. The molecule has 0 saturated heterocycles. The molecule has 0 spiro atoms. The predicted octanol–water partition coefficient (Wildman–Crippen LogP) is 4.46. The van der Waals surface area contributed by atoms with Crippen LogP contribution < -0.4 is 10.1 Å². The Bertz CT molecular complexity index is 603. The van der Waals surface area contributed by atoms with Gasteiger partial charge in [0.2, 0.25) is 0 Å². The van der Waals surface area contributed by atoms with Crippen LogP contribution in [0.25, 0.3) is 0 Å². The van der Waals surface area contributed by atoms with Gasteiger partial charge < -0.3 is 10.1 Å². The summed E-state index contributed by atoms with van der Waals surface area (Å²) in [6.07, 6.45) is 0. The third-order valence-electron chi connectivity index (χ3n) is 3.26. The molecule has 0 bridgehead atoms. The third-order valence-corrected chi connectivity index (χ3v) is 3.26. The first-order valence-corrected chi connectivity index (χ1v) is 7.25. The van der Waals surface area contributed by atoms with Gasteiger partial charge in [-0.2, -0.15) is 0 Å². The summed E-state index contributed by atoms with van der Waals surface area (Å²) in [4.78, 5) is 12.3. The van der Waals surface area contributed by atoms with Crippen molar-refractivity contribution >= 4 is 11.6 Å². The standard InChI is InChI=1S/C18H21NO2/c1-4-21-15-11-9-14(10-12-15)18(20)19-17-8-6-5-7-16(17)13(2)3/h5-13H,4H2,1-3H3,(H,19,20). The van der Waals surface area contributed by atoms with Crippen LogP contribution in [-0.2, 0) is 0 Å². The average molecular weight is 283 g/mol. The van der Waals surface area contributed by atoms with Gasteiger partial charge in [-0.05, 0) is 48.7 Å². The second-order valence-electron chi connectivity index (χ2n) is 5.15.